The summed E-state index contributed by atoms with van der Waals surface area (Å²) in [5.41, 5.74) is 1.62. The SMILES string of the molecule is O=C(C[n+]1ccc(-c2ccccc2F)nc1)c1ccc(Br)cc1.[Br-]. The number of benzene rings is 2. The maximum Gasteiger partial charge on any atom is 0.287 e. The monoisotopic (exact) mass is 450 g/mol. The van der Waals surface area contributed by atoms with Gasteiger partial charge in [-0.3, -0.25) is 4.79 Å². The van der Waals surface area contributed by atoms with E-state index in [2.05, 4.69) is 20.9 Å². The van der Waals surface area contributed by atoms with E-state index in [0.717, 1.165) is 4.47 Å². The molecule has 0 N–H and O–H groups in total. The van der Waals surface area contributed by atoms with Crippen molar-refractivity contribution < 1.29 is 30.7 Å². The lowest BCUT2D eigenvalue weighted by atomic mass is 10.1. The Morgan fingerprint density at radius 3 is 2.42 bits per heavy atom. The van der Waals surface area contributed by atoms with Crippen molar-refractivity contribution in [1.29, 1.82) is 0 Å². The number of aromatic nitrogens is 2. The van der Waals surface area contributed by atoms with Crippen LogP contribution in [0.15, 0.2) is 71.6 Å². The van der Waals surface area contributed by atoms with Gasteiger partial charge in [0.15, 0.2) is 12.2 Å². The number of ketones is 1. The van der Waals surface area contributed by atoms with Gasteiger partial charge >= 0.3 is 0 Å². The lowest BCUT2D eigenvalue weighted by Crippen LogP contribution is -3.00. The lowest BCUT2D eigenvalue weighted by Gasteiger charge is -2.01. The van der Waals surface area contributed by atoms with Crippen molar-refractivity contribution >= 4 is 21.7 Å². The molecule has 3 aromatic rings. The van der Waals surface area contributed by atoms with Crippen LogP contribution in [-0.2, 0) is 6.54 Å². The molecule has 0 aliphatic carbocycles. The molecule has 2 aromatic carbocycles. The highest BCUT2D eigenvalue weighted by molar-refractivity contribution is 9.10. The first kappa shape index (κ1) is 18.4. The third-order valence-corrected chi connectivity index (χ3v) is 3.94. The molecule has 122 valence electrons. The molecule has 0 radical (unpaired) electrons. The Morgan fingerprint density at radius 2 is 1.79 bits per heavy atom. The molecule has 3 nitrogen and oxygen atoms in total. The molecular weight excluding hydrogens is 439 g/mol. The van der Waals surface area contributed by atoms with Crippen molar-refractivity contribution in [2.24, 2.45) is 0 Å². The minimum Gasteiger partial charge on any atom is -1.00 e. The Morgan fingerprint density at radius 1 is 1.08 bits per heavy atom. The van der Waals surface area contributed by atoms with E-state index in [1.165, 1.54) is 6.07 Å². The van der Waals surface area contributed by atoms with E-state index >= 15 is 0 Å². The van der Waals surface area contributed by atoms with Crippen LogP contribution in [0.1, 0.15) is 10.4 Å². The number of hydrogen-bond donors (Lipinski definition) is 0. The van der Waals surface area contributed by atoms with Crippen LogP contribution in [0.25, 0.3) is 11.3 Å². The predicted molar refractivity (Wildman–Crippen MR) is 88.3 cm³/mol. The Balaban J connectivity index is 0.00000208. The van der Waals surface area contributed by atoms with Gasteiger partial charge in [-0.05, 0) is 29.2 Å². The van der Waals surface area contributed by atoms with E-state index in [4.69, 9.17) is 0 Å². The molecule has 0 bridgehead atoms. The molecule has 0 aliphatic heterocycles. The fourth-order valence-electron chi connectivity index (χ4n) is 2.20. The number of carbonyl (C=O) groups excluding carboxylic acids is 1. The van der Waals surface area contributed by atoms with Gasteiger partial charge in [0.25, 0.3) is 6.33 Å². The van der Waals surface area contributed by atoms with Gasteiger partial charge in [0, 0.05) is 16.1 Å². The summed E-state index contributed by atoms with van der Waals surface area (Å²) in [6.45, 7) is 0.187. The summed E-state index contributed by atoms with van der Waals surface area (Å²) in [5.74, 6) is -0.327. The second kappa shape index (κ2) is 8.26. The average Bonchev–Trinajstić information content (AvgIpc) is 2.57. The van der Waals surface area contributed by atoms with E-state index in [9.17, 15) is 9.18 Å². The molecule has 0 saturated carbocycles. The van der Waals surface area contributed by atoms with Gasteiger partial charge < -0.3 is 17.0 Å². The second-order valence-electron chi connectivity index (χ2n) is 5.03. The molecule has 0 atom stereocenters. The van der Waals surface area contributed by atoms with Gasteiger partial charge in [-0.1, -0.05) is 40.2 Å². The molecule has 6 heteroatoms. The Labute approximate surface area is 158 Å². The second-order valence-corrected chi connectivity index (χ2v) is 5.94. The summed E-state index contributed by atoms with van der Waals surface area (Å²) in [5, 5.41) is 0. The molecule has 0 unspecified atom stereocenters. The Hall–Kier alpha value is -1.92. The maximum absolute atomic E-state index is 13.7. The van der Waals surface area contributed by atoms with E-state index in [1.54, 1.807) is 53.5 Å². The lowest BCUT2D eigenvalue weighted by molar-refractivity contribution is -0.686. The van der Waals surface area contributed by atoms with Crippen LogP contribution >= 0.6 is 15.9 Å². The minimum atomic E-state index is -0.316. The summed E-state index contributed by atoms with van der Waals surface area (Å²) in [6, 6.07) is 15.4. The molecule has 1 heterocycles. The first-order valence-corrected chi connectivity index (χ1v) is 7.81. The van der Waals surface area contributed by atoms with Crippen LogP contribution in [-0.4, -0.2) is 10.8 Å². The fraction of sp³-hybridized carbons (Fsp3) is 0.0556. The Kier molecular flexibility index (Phi) is 6.34. The summed E-state index contributed by atoms with van der Waals surface area (Å²) in [6.07, 6.45) is 3.27. The highest BCUT2D eigenvalue weighted by Crippen LogP contribution is 2.18. The van der Waals surface area contributed by atoms with E-state index in [-0.39, 0.29) is 35.1 Å². The zero-order valence-electron chi connectivity index (χ0n) is 12.5. The van der Waals surface area contributed by atoms with Crippen LogP contribution in [0, 0.1) is 5.82 Å². The van der Waals surface area contributed by atoms with Crippen molar-refractivity contribution in [1.82, 2.24) is 4.98 Å². The van der Waals surface area contributed by atoms with Crippen molar-refractivity contribution in [3.8, 4) is 11.3 Å². The van der Waals surface area contributed by atoms with Gasteiger partial charge in [0.05, 0.1) is 11.8 Å². The zero-order chi connectivity index (χ0) is 16.2. The number of hydrogen-bond acceptors (Lipinski definition) is 2. The fourth-order valence-corrected chi connectivity index (χ4v) is 2.46. The van der Waals surface area contributed by atoms with Crippen molar-refractivity contribution in [3.63, 3.8) is 0 Å². The molecular formula is C18H13Br2FN2O. The van der Waals surface area contributed by atoms with Gasteiger partial charge in [-0.15, -0.1) is 0 Å². The van der Waals surface area contributed by atoms with Crippen LogP contribution < -0.4 is 21.5 Å². The molecule has 24 heavy (non-hydrogen) atoms. The Bertz CT molecular complexity index is 836. The van der Waals surface area contributed by atoms with E-state index in [0.29, 0.717) is 16.8 Å². The standard InChI is InChI=1S/C18H13BrFN2O.BrH/c19-14-7-5-13(6-8-14)18(23)11-22-10-9-17(21-12-22)15-3-1-2-4-16(15)20;/h1-10,12H,11H2;1H/q+1;/p-1. The molecule has 0 amide bonds. The minimum absolute atomic E-state index is 0. The summed E-state index contributed by atoms with van der Waals surface area (Å²) in [4.78, 5) is 16.4. The van der Waals surface area contributed by atoms with Crippen LogP contribution in [0.3, 0.4) is 0 Å². The number of halogens is 3. The largest absolute Gasteiger partial charge is 1.00 e. The maximum atomic E-state index is 13.7. The van der Waals surface area contributed by atoms with Crippen molar-refractivity contribution in [2.75, 3.05) is 0 Å². The first-order valence-electron chi connectivity index (χ1n) is 7.02. The summed E-state index contributed by atoms with van der Waals surface area (Å²) in [7, 11) is 0. The van der Waals surface area contributed by atoms with Crippen LogP contribution in [0.5, 0.6) is 0 Å². The topological polar surface area (TPSA) is 33.8 Å². The molecule has 1 aromatic heterocycles. The van der Waals surface area contributed by atoms with Gasteiger partial charge in [0.1, 0.15) is 5.82 Å². The van der Waals surface area contributed by atoms with Gasteiger partial charge in [-0.2, -0.15) is 0 Å². The zero-order valence-corrected chi connectivity index (χ0v) is 15.7. The summed E-state index contributed by atoms with van der Waals surface area (Å²) < 4.78 is 16.3. The molecule has 0 aliphatic rings. The van der Waals surface area contributed by atoms with Crippen LogP contribution in [0.2, 0.25) is 0 Å². The van der Waals surface area contributed by atoms with Crippen molar-refractivity contribution in [2.45, 2.75) is 6.54 Å². The molecule has 0 fully saturated rings. The third kappa shape index (κ3) is 4.33. The van der Waals surface area contributed by atoms with Crippen LogP contribution in [0.4, 0.5) is 4.39 Å². The van der Waals surface area contributed by atoms with Gasteiger partial charge in [-0.25, -0.2) is 8.96 Å². The number of Topliss-reactive ketones (excluding diaryl/α,β-unsaturated/α-hetero) is 1. The average molecular weight is 452 g/mol. The first-order chi connectivity index (χ1) is 11.1. The quantitative estimate of drug-likeness (QED) is 0.435. The molecule has 3 rings (SSSR count). The van der Waals surface area contributed by atoms with Crippen molar-refractivity contribution in [3.05, 3.63) is 83.0 Å². The third-order valence-electron chi connectivity index (χ3n) is 3.41. The summed E-state index contributed by atoms with van der Waals surface area (Å²) >= 11 is 3.34. The number of nitrogens with zero attached hydrogens (tertiary/aromatic N) is 2. The normalized spacial score (nSPS) is 10.1. The number of carbonyl (C=O) groups is 1. The predicted octanol–water partition coefficient (Wildman–Crippen LogP) is 0.825. The smallest absolute Gasteiger partial charge is 0.287 e. The number of rotatable bonds is 4. The molecule has 0 saturated heterocycles. The highest BCUT2D eigenvalue weighted by Gasteiger charge is 2.13. The van der Waals surface area contributed by atoms with Gasteiger partial charge in [0.2, 0.25) is 5.78 Å². The van der Waals surface area contributed by atoms with E-state index in [1.807, 2.05) is 12.1 Å². The molecule has 0 spiro atoms. The highest BCUT2D eigenvalue weighted by atomic mass is 79.9. The van der Waals surface area contributed by atoms with E-state index < -0.39 is 0 Å².